The highest BCUT2D eigenvalue weighted by Gasteiger charge is 2.34. The van der Waals surface area contributed by atoms with Crippen molar-refractivity contribution < 1.29 is 9.21 Å². The van der Waals surface area contributed by atoms with Crippen molar-refractivity contribution in [2.45, 2.75) is 13.0 Å². The number of carbonyl (C=O) groups excluding carboxylic acids is 1. The molecule has 0 saturated heterocycles. The molecule has 1 aliphatic rings. The molecule has 8 heteroatoms. The number of nitrogens with two attached hydrogens (primary N) is 1. The summed E-state index contributed by atoms with van der Waals surface area (Å²) in [5.41, 5.74) is 7.35. The number of nitrogens with zero attached hydrogens (tertiary/aromatic N) is 3. The van der Waals surface area contributed by atoms with Crippen molar-refractivity contribution in [2.75, 3.05) is 5.32 Å². The SMILES string of the molecule is CC1=C(C(N)=O)C(c2ccccc2Cl)n2nc(-c3ccco3)nc2N1. The number of hydrogen-bond donors (Lipinski definition) is 2. The van der Waals surface area contributed by atoms with E-state index < -0.39 is 11.9 Å². The van der Waals surface area contributed by atoms with Crippen molar-refractivity contribution in [3.63, 3.8) is 0 Å². The molecule has 0 aliphatic carbocycles. The summed E-state index contributed by atoms with van der Waals surface area (Å²) in [5.74, 6) is 0.873. The molecule has 0 bridgehead atoms. The van der Waals surface area contributed by atoms with Crippen LogP contribution in [0.3, 0.4) is 0 Å². The Labute approximate surface area is 148 Å². The van der Waals surface area contributed by atoms with Crippen LogP contribution in [-0.4, -0.2) is 20.7 Å². The fourth-order valence-corrected chi connectivity index (χ4v) is 3.20. The van der Waals surface area contributed by atoms with Crippen molar-refractivity contribution in [2.24, 2.45) is 5.73 Å². The van der Waals surface area contributed by atoms with E-state index in [0.29, 0.717) is 33.8 Å². The molecule has 4 rings (SSSR count). The van der Waals surface area contributed by atoms with Crippen LogP contribution < -0.4 is 11.1 Å². The first-order valence-electron chi connectivity index (χ1n) is 7.58. The van der Waals surface area contributed by atoms with E-state index in [2.05, 4.69) is 15.4 Å². The average Bonchev–Trinajstić information content (AvgIpc) is 3.22. The summed E-state index contributed by atoms with van der Waals surface area (Å²) in [6.07, 6.45) is 1.55. The predicted molar refractivity (Wildman–Crippen MR) is 92.8 cm³/mol. The number of fused-ring (bicyclic) bond motifs is 1. The number of halogens is 1. The second-order valence-electron chi connectivity index (χ2n) is 5.63. The number of primary amides is 1. The van der Waals surface area contributed by atoms with Crippen molar-refractivity contribution in [1.29, 1.82) is 0 Å². The zero-order chi connectivity index (χ0) is 17.6. The molecule has 2 aromatic heterocycles. The maximum absolute atomic E-state index is 12.1. The number of benzene rings is 1. The van der Waals surface area contributed by atoms with Crippen LogP contribution in [0.5, 0.6) is 0 Å². The van der Waals surface area contributed by atoms with E-state index in [9.17, 15) is 4.79 Å². The first-order valence-corrected chi connectivity index (χ1v) is 7.96. The molecule has 25 heavy (non-hydrogen) atoms. The molecule has 3 N–H and O–H groups in total. The molecular weight excluding hydrogens is 342 g/mol. The number of anilines is 1. The molecule has 3 heterocycles. The third-order valence-corrected chi connectivity index (χ3v) is 4.40. The van der Waals surface area contributed by atoms with Gasteiger partial charge in [-0.2, -0.15) is 4.98 Å². The van der Waals surface area contributed by atoms with Gasteiger partial charge in [-0.25, -0.2) is 4.68 Å². The predicted octanol–water partition coefficient (Wildman–Crippen LogP) is 2.97. The van der Waals surface area contributed by atoms with Gasteiger partial charge in [0.25, 0.3) is 0 Å². The van der Waals surface area contributed by atoms with Crippen LogP contribution in [0.2, 0.25) is 5.02 Å². The Balaban J connectivity index is 1.93. The van der Waals surface area contributed by atoms with Gasteiger partial charge in [-0.15, -0.1) is 5.10 Å². The zero-order valence-corrected chi connectivity index (χ0v) is 14.0. The van der Waals surface area contributed by atoms with Crippen LogP contribution in [0.25, 0.3) is 11.6 Å². The molecule has 1 unspecified atom stereocenters. The lowest BCUT2D eigenvalue weighted by atomic mass is 9.95. The van der Waals surface area contributed by atoms with Gasteiger partial charge in [0, 0.05) is 16.3 Å². The Morgan fingerprint density at radius 3 is 2.80 bits per heavy atom. The summed E-state index contributed by atoms with van der Waals surface area (Å²) in [4.78, 5) is 16.6. The number of rotatable bonds is 3. The quantitative estimate of drug-likeness (QED) is 0.752. The van der Waals surface area contributed by atoms with Crippen LogP contribution in [0.1, 0.15) is 18.5 Å². The van der Waals surface area contributed by atoms with Gasteiger partial charge >= 0.3 is 0 Å². The molecule has 1 aromatic carbocycles. The fourth-order valence-electron chi connectivity index (χ4n) is 2.96. The first-order chi connectivity index (χ1) is 12.1. The number of nitrogens with one attached hydrogen (secondary N) is 1. The second kappa shape index (κ2) is 5.78. The molecule has 0 radical (unpaired) electrons. The Morgan fingerprint density at radius 1 is 1.32 bits per heavy atom. The highest BCUT2D eigenvalue weighted by Crippen LogP contribution is 2.38. The standard InChI is InChI=1S/C17H14ClN5O2/c1-9-13(15(19)24)14(10-5-2-3-6-11(10)18)23-17(20-9)21-16(22-23)12-7-4-8-25-12/h2-8,14H,1H3,(H2,19,24)(H,20,21,22). The highest BCUT2D eigenvalue weighted by atomic mass is 35.5. The molecule has 3 aromatic rings. The van der Waals surface area contributed by atoms with Gasteiger partial charge in [-0.1, -0.05) is 29.8 Å². The lowest BCUT2D eigenvalue weighted by Crippen LogP contribution is -2.32. The summed E-state index contributed by atoms with van der Waals surface area (Å²) in [5, 5.41) is 8.10. The third-order valence-electron chi connectivity index (χ3n) is 4.06. The molecule has 7 nitrogen and oxygen atoms in total. The minimum atomic E-state index is -0.571. The van der Waals surface area contributed by atoms with Gasteiger partial charge in [0.15, 0.2) is 5.76 Å². The van der Waals surface area contributed by atoms with Crippen LogP contribution in [0.15, 0.2) is 58.3 Å². The number of aromatic nitrogens is 3. The highest BCUT2D eigenvalue weighted by molar-refractivity contribution is 6.31. The Kier molecular flexibility index (Phi) is 3.58. The largest absolute Gasteiger partial charge is 0.461 e. The van der Waals surface area contributed by atoms with Crippen LogP contribution in [-0.2, 0) is 4.79 Å². The zero-order valence-electron chi connectivity index (χ0n) is 13.2. The molecule has 1 amide bonds. The normalized spacial score (nSPS) is 16.5. The lowest BCUT2D eigenvalue weighted by molar-refractivity contribution is -0.115. The van der Waals surface area contributed by atoms with Gasteiger partial charge in [0.1, 0.15) is 6.04 Å². The summed E-state index contributed by atoms with van der Waals surface area (Å²) in [6, 6.07) is 10.2. The van der Waals surface area contributed by atoms with Crippen molar-refractivity contribution in [3.8, 4) is 11.6 Å². The number of amides is 1. The third kappa shape index (κ3) is 2.49. The van der Waals surface area contributed by atoms with Crippen molar-refractivity contribution in [3.05, 3.63) is 64.5 Å². The van der Waals surface area contributed by atoms with E-state index in [1.807, 2.05) is 18.2 Å². The Bertz CT molecular complexity index is 990. The van der Waals surface area contributed by atoms with Gasteiger partial charge in [0.2, 0.25) is 17.7 Å². The maximum atomic E-state index is 12.1. The van der Waals surface area contributed by atoms with Gasteiger partial charge < -0.3 is 15.5 Å². The van der Waals surface area contributed by atoms with Crippen LogP contribution in [0, 0.1) is 0 Å². The molecule has 1 aliphatic heterocycles. The van der Waals surface area contributed by atoms with Gasteiger partial charge in [0.05, 0.1) is 11.8 Å². The van der Waals surface area contributed by atoms with E-state index in [1.54, 1.807) is 36.1 Å². The summed E-state index contributed by atoms with van der Waals surface area (Å²) in [6.45, 7) is 1.77. The minimum absolute atomic E-state index is 0.386. The average molecular weight is 356 g/mol. The molecule has 0 saturated carbocycles. The topological polar surface area (TPSA) is 99.0 Å². The molecule has 0 spiro atoms. The molecule has 126 valence electrons. The van der Waals surface area contributed by atoms with Crippen molar-refractivity contribution >= 4 is 23.5 Å². The number of furan rings is 1. The smallest absolute Gasteiger partial charge is 0.248 e. The Morgan fingerprint density at radius 2 is 2.12 bits per heavy atom. The van der Waals surface area contributed by atoms with Gasteiger partial charge in [-0.3, -0.25) is 4.79 Å². The van der Waals surface area contributed by atoms with Gasteiger partial charge in [-0.05, 0) is 25.1 Å². The minimum Gasteiger partial charge on any atom is -0.461 e. The van der Waals surface area contributed by atoms with E-state index >= 15 is 0 Å². The van der Waals surface area contributed by atoms with Crippen LogP contribution in [0.4, 0.5) is 5.95 Å². The van der Waals surface area contributed by atoms with E-state index in [1.165, 1.54) is 0 Å². The van der Waals surface area contributed by atoms with E-state index in [4.69, 9.17) is 21.8 Å². The first kappa shape index (κ1) is 15.5. The molecule has 0 fully saturated rings. The van der Waals surface area contributed by atoms with E-state index in [-0.39, 0.29) is 0 Å². The second-order valence-corrected chi connectivity index (χ2v) is 6.04. The van der Waals surface area contributed by atoms with E-state index in [0.717, 1.165) is 5.56 Å². The summed E-state index contributed by atoms with van der Waals surface area (Å²) >= 11 is 6.37. The number of hydrogen-bond acceptors (Lipinski definition) is 5. The number of allylic oxidation sites excluding steroid dienone is 1. The summed E-state index contributed by atoms with van der Waals surface area (Å²) < 4.78 is 6.97. The lowest BCUT2D eigenvalue weighted by Gasteiger charge is -2.28. The molecular formula is C17H14ClN5O2. The summed E-state index contributed by atoms with van der Waals surface area (Å²) in [7, 11) is 0. The maximum Gasteiger partial charge on any atom is 0.248 e. The number of carbonyl (C=O) groups is 1. The molecule has 1 atom stereocenters. The Hall–Kier alpha value is -3.06. The van der Waals surface area contributed by atoms with Crippen LogP contribution >= 0.6 is 11.6 Å². The van der Waals surface area contributed by atoms with Crippen molar-refractivity contribution in [1.82, 2.24) is 14.8 Å². The monoisotopic (exact) mass is 355 g/mol. The fraction of sp³-hybridized carbons (Fsp3) is 0.118.